The van der Waals surface area contributed by atoms with Crippen molar-refractivity contribution in [3.8, 4) is 0 Å². The largest absolute Gasteiger partial charge is 0.367 e. The Hall–Kier alpha value is -3.49. The van der Waals surface area contributed by atoms with Crippen molar-refractivity contribution in [2.75, 3.05) is 30.4 Å². The molecule has 0 spiro atoms. The molecule has 3 N–H and O–H groups in total. The van der Waals surface area contributed by atoms with Crippen molar-refractivity contribution >= 4 is 29.1 Å². The topological polar surface area (TPSA) is 90.5 Å². The van der Waals surface area contributed by atoms with Crippen LogP contribution in [0.4, 0.5) is 20.2 Å². The van der Waals surface area contributed by atoms with Gasteiger partial charge in [-0.2, -0.15) is 0 Å². The Bertz CT molecular complexity index is 951. The van der Waals surface area contributed by atoms with Gasteiger partial charge < -0.3 is 20.9 Å². The van der Waals surface area contributed by atoms with E-state index >= 15 is 0 Å². The van der Waals surface area contributed by atoms with Crippen LogP contribution in [-0.4, -0.2) is 43.9 Å². The number of hydrogen-bond donors (Lipinski definition) is 3. The van der Waals surface area contributed by atoms with Gasteiger partial charge in [-0.25, -0.2) is 8.78 Å². The van der Waals surface area contributed by atoms with Gasteiger partial charge in [-0.05, 0) is 36.8 Å². The Morgan fingerprint density at radius 2 is 1.86 bits per heavy atom. The third-order valence-corrected chi connectivity index (χ3v) is 4.59. The molecule has 1 fully saturated rings. The van der Waals surface area contributed by atoms with Crippen LogP contribution in [0.2, 0.25) is 0 Å². The maximum atomic E-state index is 13.9. The molecule has 1 unspecified atom stereocenters. The fourth-order valence-electron chi connectivity index (χ4n) is 3.16. The highest BCUT2D eigenvalue weighted by Crippen LogP contribution is 2.24. The molecule has 1 heterocycles. The van der Waals surface area contributed by atoms with Crippen LogP contribution >= 0.6 is 0 Å². The summed E-state index contributed by atoms with van der Waals surface area (Å²) in [5.41, 5.74) is 0.907. The predicted octanol–water partition coefficient (Wildman–Crippen LogP) is 1.66. The summed E-state index contributed by atoms with van der Waals surface area (Å²) in [6, 6.07) is 9.16. The minimum Gasteiger partial charge on any atom is -0.367 e. The average Bonchev–Trinajstić information content (AvgIpc) is 3.15. The van der Waals surface area contributed by atoms with Gasteiger partial charge in [0.15, 0.2) is 0 Å². The van der Waals surface area contributed by atoms with E-state index in [0.29, 0.717) is 30.8 Å². The predicted molar refractivity (Wildman–Crippen MR) is 104 cm³/mol. The van der Waals surface area contributed by atoms with Crippen molar-refractivity contribution in [3.05, 3.63) is 59.7 Å². The summed E-state index contributed by atoms with van der Waals surface area (Å²) in [6.07, 6.45) is 0.516. The van der Waals surface area contributed by atoms with Crippen LogP contribution in [-0.2, 0) is 9.59 Å². The molecule has 3 rings (SSSR count). The lowest BCUT2D eigenvalue weighted by molar-refractivity contribution is -0.136. The standard InChI is InChI=1S/C20H20F2N4O3/c1-23-18(27)12-3-2-4-14(9-12)24-19(28)20(29)25-15-7-8-26(11-15)17-6-5-13(21)10-16(17)22/h2-6,9-10,15H,7-8,11H2,1H3,(H,23,27)(H,24,28)(H,25,29). The van der Waals surface area contributed by atoms with Gasteiger partial charge in [0.1, 0.15) is 11.6 Å². The molecule has 0 bridgehead atoms. The van der Waals surface area contributed by atoms with Crippen molar-refractivity contribution in [3.63, 3.8) is 0 Å². The first kappa shape index (κ1) is 20.2. The van der Waals surface area contributed by atoms with Crippen LogP contribution in [0.3, 0.4) is 0 Å². The number of halogens is 2. The number of amides is 3. The number of nitrogens with one attached hydrogen (secondary N) is 3. The lowest BCUT2D eigenvalue weighted by Crippen LogP contribution is -2.43. The molecular weight excluding hydrogens is 382 g/mol. The van der Waals surface area contributed by atoms with Crippen LogP contribution < -0.4 is 20.9 Å². The van der Waals surface area contributed by atoms with E-state index in [0.717, 1.165) is 6.07 Å². The first-order valence-corrected chi connectivity index (χ1v) is 9.01. The van der Waals surface area contributed by atoms with Gasteiger partial charge >= 0.3 is 11.8 Å². The smallest absolute Gasteiger partial charge is 0.313 e. The van der Waals surface area contributed by atoms with Gasteiger partial charge in [0.05, 0.1) is 5.69 Å². The van der Waals surface area contributed by atoms with Crippen molar-refractivity contribution in [2.24, 2.45) is 0 Å². The van der Waals surface area contributed by atoms with Crippen molar-refractivity contribution in [1.29, 1.82) is 0 Å². The van der Waals surface area contributed by atoms with Gasteiger partial charge in [0.2, 0.25) is 0 Å². The Morgan fingerprint density at radius 1 is 1.07 bits per heavy atom. The maximum Gasteiger partial charge on any atom is 0.313 e. The van der Waals surface area contributed by atoms with Gasteiger partial charge in [-0.3, -0.25) is 14.4 Å². The molecule has 0 saturated carbocycles. The molecular formula is C20H20F2N4O3. The third-order valence-electron chi connectivity index (χ3n) is 4.59. The van der Waals surface area contributed by atoms with Gasteiger partial charge in [-0.1, -0.05) is 6.07 Å². The van der Waals surface area contributed by atoms with Crippen molar-refractivity contribution < 1.29 is 23.2 Å². The number of carbonyl (C=O) groups excluding carboxylic acids is 3. The lowest BCUT2D eigenvalue weighted by atomic mass is 10.2. The molecule has 1 atom stereocenters. The number of rotatable bonds is 4. The molecule has 2 aromatic rings. The summed E-state index contributed by atoms with van der Waals surface area (Å²) < 4.78 is 27.0. The van der Waals surface area contributed by atoms with E-state index < -0.39 is 23.4 Å². The SMILES string of the molecule is CNC(=O)c1cccc(NC(=O)C(=O)NC2CCN(c3ccc(F)cc3F)C2)c1. The Labute approximate surface area is 166 Å². The van der Waals surface area contributed by atoms with Crippen LogP contribution in [0.1, 0.15) is 16.8 Å². The van der Waals surface area contributed by atoms with Crippen LogP contribution in [0, 0.1) is 11.6 Å². The fraction of sp³-hybridized carbons (Fsp3) is 0.250. The second-order valence-electron chi connectivity index (χ2n) is 6.61. The molecule has 9 heteroatoms. The Balaban J connectivity index is 1.56. The van der Waals surface area contributed by atoms with Crippen LogP contribution in [0.5, 0.6) is 0 Å². The Kier molecular flexibility index (Phi) is 6.06. The van der Waals surface area contributed by atoms with Gasteiger partial charge in [0, 0.05) is 43.5 Å². The quantitative estimate of drug-likeness (QED) is 0.679. The van der Waals surface area contributed by atoms with E-state index in [1.54, 1.807) is 23.1 Å². The third kappa shape index (κ3) is 4.87. The number of hydrogen-bond acceptors (Lipinski definition) is 4. The zero-order valence-electron chi connectivity index (χ0n) is 15.7. The monoisotopic (exact) mass is 402 g/mol. The van der Waals surface area contributed by atoms with E-state index in [9.17, 15) is 23.2 Å². The molecule has 1 aliphatic rings. The first-order valence-electron chi connectivity index (χ1n) is 9.01. The summed E-state index contributed by atoms with van der Waals surface area (Å²) in [7, 11) is 1.49. The van der Waals surface area contributed by atoms with E-state index in [1.165, 1.54) is 25.2 Å². The normalized spacial score (nSPS) is 15.7. The minimum absolute atomic E-state index is 0.249. The molecule has 2 aromatic carbocycles. The molecule has 0 radical (unpaired) electrons. The number of anilines is 2. The zero-order chi connectivity index (χ0) is 21.0. The summed E-state index contributed by atoms with van der Waals surface area (Å²) >= 11 is 0. The average molecular weight is 402 g/mol. The van der Waals surface area contributed by atoms with Crippen LogP contribution in [0.15, 0.2) is 42.5 Å². The number of nitrogens with zero attached hydrogens (tertiary/aromatic N) is 1. The van der Waals surface area contributed by atoms with Gasteiger partial charge in [-0.15, -0.1) is 0 Å². The lowest BCUT2D eigenvalue weighted by Gasteiger charge is -2.19. The highest BCUT2D eigenvalue weighted by Gasteiger charge is 2.27. The molecule has 29 heavy (non-hydrogen) atoms. The second kappa shape index (κ2) is 8.68. The van der Waals surface area contributed by atoms with Crippen molar-refractivity contribution in [1.82, 2.24) is 10.6 Å². The highest BCUT2D eigenvalue weighted by atomic mass is 19.1. The number of benzene rings is 2. The van der Waals surface area contributed by atoms with E-state index in [-0.39, 0.29) is 17.6 Å². The minimum atomic E-state index is -0.870. The number of carbonyl (C=O) groups is 3. The molecule has 7 nitrogen and oxygen atoms in total. The van der Waals surface area contributed by atoms with Gasteiger partial charge in [0.25, 0.3) is 5.91 Å². The van der Waals surface area contributed by atoms with E-state index in [1.807, 2.05) is 0 Å². The molecule has 3 amide bonds. The summed E-state index contributed by atoms with van der Waals surface area (Å²) in [5.74, 6) is -3.35. The Morgan fingerprint density at radius 3 is 2.59 bits per heavy atom. The first-order chi connectivity index (χ1) is 13.9. The molecule has 152 valence electrons. The zero-order valence-corrected chi connectivity index (χ0v) is 15.7. The summed E-state index contributed by atoms with van der Waals surface area (Å²) in [6.45, 7) is 0.761. The fourth-order valence-corrected chi connectivity index (χ4v) is 3.16. The van der Waals surface area contributed by atoms with Crippen LogP contribution in [0.25, 0.3) is 0 Å². The second-order valence-corrected chi connectivity index (χ2v) is 6.61. The van der Waals surface area contributed by atoms with Crippen molar-refractivity contribution in [2.45, 2.75) is 12.5 Å². The molecule has 0 aliphatic carbocycles. The summed E-state index contributed by atoms with van der Waals surface area (Å²) in [4.78, 5) is 37.7. The van der Waals surface area contributed by atoms with E-state index in [4.69, 9.17) is 0 Å². The maximum absolute atomic E-state index is 13.9. The molecule has 1 saturated heterocycles. The molecule has 1 aliphatic heterocycles. The highest BCUT2D eigenvalue weighted by molar-refractivity contribution is 6.39. The summed E-state index contributed by atoms with van der Waals surface area (Å²) in [5, 5.41) is 7.53. The molecule has 0 aromatic heterocycles. The van der Waals surface area contributed by atoms with E-state index in [2.05, 4.69) is 16.0 Å².